The van der Waals surface area contributed by atoms with Crippen LogP contribution in [0.5, 0.6) is 0 Å². The van der Waals surface area contributed by atoms with E-state index in [1.165, 1.54) is 20.8 Å². The fourth-order valence-electron chi connectivity index (χ4n) is 10.1. The van der Waals surface area contributed by atoms with E-state index in [4.69, 9.17) is 23.7 Å². The first-order chi connectivity index (χ1) is 29.8. The summed E-state index contributed by atoms with van der Waals surface area (Å²) in [5.74, 6) is -5.88. The van der Waals surface area contributed by atoms with Crippen molar-refractivity contribution in [2.45, 2.75) is 181 Å². The number of hydrogen-bond acceptors (Lipinski definition) is 13. The molecule has 0 radical (unpaired) electrons. The van der Waals surface area contributed by atoms with Crippen molar-refractivity contribution >= 4 is 17.7 Å². The summed E-state index contributed by atoms with van der Waals surface area (Å²) in [4.78, 5) is 42.0. The van der Waals surface area contributed by atoms with E-state index in [-0.39, 0.29) is 50.2 Å². The molecule has 0 bridgehead atoms. The first-order valence-electron chi connectivity index (χ1n) is 23.1. The van der Waals surface area contributed by atoms with Crippen LogP contribution < -0.4 is 5.32 Å². The highest BCUT2D eigenvalue weighted by molar-refractivity contribution is 5.83. The molecule has 5 rings (SSSR count). The number of Topliss-reactive ketones (excluding diaryl/α,β-unsaturated/α-hetero) is 1. The van der Waals surface area contributed by atoms with Crippen molar-refractivity contribution in [1.82, 2.24) is 5.32 Å². The minimum absolute atomic E-state index is 0.0459. The number of benzene rings is 2. The molecular formula is C50H75NO13. The predicted octanol–water partition coefficient (Wildman–Crippen LogP) is 5.12. The fourth-order valence-corrected chi connectivity index (χ4v) is 10.1. The molecule has 3 aliphatic rings. The Kier molecular flexibility index (Phi) is 17.0. The summed E-state index contributed by atoms with van der Waals surface area (Å²) in [6.45, 7) is 18.5. The number of ketones is 1. The summed E-state index contributed by atoms with van der Waals surface area (Å²) in [6.07, 6.45) is -9.77. The summed E-state index contributed by atoms with van der Waals surface area (Å²) in [7, 11) is 0. The van der Waals surface area contributed by atoms with Crippen LogP contribution in [0.4, 0.5) is 0 Å². The van der Waals surface area contributed by atoms with E-state index in [1.54, 1.807) is 27.7 Å². The average molecular weight is 898 g/mol. The lowest BCUT2D eigenvalue weighted by molar-refractivity contribution is -0.312. The predicted molar refractivity (Wildman–Crippen MR) is 239 cm³/mol. The Morgan fingerprint density at radius 2 is 1.42 bits per heavy atom. The van der Waals surface area contributed by atoms with Gasteiger partial charge in [0.15, 0.2) is 12.6 Å². The van der Waals surface area contributed by atoms with Crippen molar-refractivity contribution in [3.05, 3.63) is 60.2 Å². The topological polar surface area (TPSA) is 211 Å². The van der Waals surface area contributed by atoms with Gasteiger partial charge in [-0.15, -0.1) is 0 Å². The molecular weight excluding hydrogens is 823 g/mol. The monoisotopic (exact) mass is 898 g/mol. The number of nitrogens with one attached hydrogen (secondary N) is 1. The molecule has 3 saturated heterocycles. The van der Waals surface area contributed by atoms with Gasteiger partial charge in [0.25, 0.3) is 0 Å². The van der Waals surface area contributed by atoms with Gasteiger partial charge in [0.1, 0.15) is 23.6 Å². The maximum atomic E-state index is 14.6. The summed E-state index contributed by atoms with van der Waals surface area (Å²) in [6, 6.07) is 17.5. The van der Waals surface area contributed by atoms with Gasteiger partial charge in [-0.2, -0.15) is 0 Å². The Morgan fingerprint density at radius 1 is 0.797 bits per heavy atom. The van der Waals surface area contributed by atoms with Crippen LogP contribution in [0.3, 0.4) is 0 Å². The lowest BCUT2D eigenvalue weighted by Gasteiger charge is -2.48. The van der Waals surface area contributed by atoms with Crippen molar-refractivity contribution in [3.8, 4) is 11.1 Å². The number of carbonyl (C=O) groups is 3. The minimum atomic E-state index is -2.19. The molecule has 14 heteroatoms. The van der Waals surface area contributed by atoms with Crippen molar-refractivity contribution in [2.24, 2.45) is 35.0 Å². The molecule has 17 atom stereocenters. The SMILES string of the molecule is CC1CC(C)C(O)C(O[C@@H]2[C@@H](C)[C@H](OC3CC(C)(C)C(O)C(C)O3)[C@@H](C)C(=O)O[C@H](CCNC(=O)Cc3ccc(-c4ccccc4)cc3)[C@@](C)(O)[C@H](O)[C@@H](C)C(=O)[C@H](C)C[C@@]2(C)O)O1. The number of aliphatic hydroxyl groups excluding tert-OH is 3. The van der Waals surface area contributed by atoms with Gasteiger partial charge in [-0.3, -0.25) is 14.4 Å². The van der Waals surface area contributed by atoms with Gasteiger partial charge in [0, 0.05) is 37.1 Å². The zero-order valence-electron chi connectivity index (χ0n) is 39.6. The minimum Gasteiger partial charge on any atom is -0.459 e. The third kappa shape index (κ3) is 12.2. The standard InChI is InChI=1S/C50H75NO13/c1-27-23-29(3)60-47(41(27)54)64-45-31(5)42(63-39-26-48(8,9)44(56)33(7)61-39)32(6)46(57)62-37(50(11,59)43(55)30(4)40(53)28(2)25-49(45,10)58)21-22-51-38(52)24-34-17-19-36(20-18-34)35-15-13-12-14-16-35/h12-20,27-33,37,39,41-45,47,54-56,58-59H,21-26H2,1-11H3,(H,51,52)/t27?,28-,29?,30+,31+,32-,33?,37-,39?,41?,42+,43-,44?,45-,47?,49-,50-/m1/s1. The van der Waals surface area contributed by atoms with E-state index in [9.17, 15) is 39.9 Å². The molecule has 64 heavy (non-hydrogen) atoms. The number of carbonyl (C=O) groups excluding carboxylic acids is 3. The van der Waals surface area contributed by atoms with E-state index in [0.717, 1.165) is 16.7 Å². The number of aliphatic hydroxyl groups is 5. The second-order valence-corrected chi connectivity index (χ2v) is 20.4. The Bertz CT molecular complexity index is 1850. The molecule has 2 aromatic rings. The first-order valence-corrected chi connectivity index (χ1v) is 23.1. The Labute approximate surface area is 379 Å². The summed E-state index contributed by atoms with van der Waals surface area (Å²) in [5.41, 5.74) is -1.80. The van der Waals surface area contributed by atoms with Crippen LogP contribution >= 0.6 is 0 Å². The maximum Gasteiger partial charge on any atom is 0.311 e. The molecule has 3 aliphatic heterocycles. The van der Waals surface area contributed by atoms with Crippen LogP contribution in [0.25, 0.3) is 11.1 Å². The number of amides is 1. The van der Waals surface area contributed by atoms with Crippen LogP contribution in [-0.4, -0.2) is 122 Å². The number of ether oxygens (including phenoxy) is 5. The van der Waals surface area contributed by atoms with Gasteiger partial charge in [0.05, 0.1) is 54.6 Å². The molecule has 7 unspecified atom stereocenters. The summed E-state index contributed by atoms with van der Waals surface area (Å²) >= 11 is 0. The first kappa shape index (κ1) is 51.7. The fraction of sp³-hybridized carbons (Fsp3) is 0.700. The molecule has 2 aromatic carbocycles. The number of hydrogen-bond donors (Lipinski definition) is 6. The quantitative estimate of drug-likeness (QED) is 0.171. The highest BCUT2D eigenvalue weighted by Gasteiger charge is 2.53. The summed E-state index contributed by atoms with van der Waals surface area (Å²) < 4.78 is 31.8. The molecule has 0 aliphatic carbocycles. The Hall–Kier alpha value is -3.31. The van der Waals surface area contributed by atoms with Crippen LogP contribution in [0, 0.1) is 35.0 Å². The van der Waals surface area contributed by atoms with E-state index in [2.05, 4.69) is 5.32 Å². The highest BCUT2D eigenvalue weighted by Crippen LogP contribution is 2.42. The lowest BCUT2D eigenvalue weighted by Crippen LogP contribution is -2.59. The Balaban J connectivity index is 1.46. The van der Waals surface area contributed by atoms with Gasteiger partial charge in [-0.05, 0) is 75.5 Å². The third-order valence-electron chi connectivity index (χ3n) is 14.1. The van der Waals surface area contributed by atoms with Gasteiger partial charge in [-0.25, -0.2) is 0 Å². The van der Waals surface area contributed by atoms with Gasteiger partial charge in [-0.1, -0.05) is 96.1 Å². The summed E-state index contributed by atoms with van der Waals surface area (Å²) in [5, 5.41) is 61.5. The van der Waals surface area contributed by atoms with Crippen molar-refractivity contribution in [1.29, 1.82) is 0 Å². The molecule has 0 aromatic heterocycles. The van der Waals surface area contributed by atoms with Gasteiger partial charge >= 0.3 is 5.97 Å². The zero-order chi connectivity index (χ0) is 47.5. The second-order valence-electron chi connectivity index (χ2n) is 20.4. The van der Waals surface area contributed by atoms with Crippen molar-refractivity contribution < 1.29 is 63.6 Å². The molecule has 0 saturated carbocycles. The van der Waals surface area contributed by atoms with E-state index >= 15 is 0 Å². The Morgan fingerprint density at radius 3 is 2.05 bits per heavy atom. The smallest absolute Gasteiger partial charge is 0.311 e. The third-order valence-corrected chi connectivity index (χ3v) is 14.1. The maximum absolute atomic E-state index is 14.6. The van der Waals surface area contributed by atoms with E-state index < -0.39 is 107 Å². The average Bonchev–Trinajstić information content (AvgIpc) is 3.23. The molecule has 3 heterocycles. The number of rotatable bonds is 10. The molecule has 6 N–H and O–H groups in total. The van der Waals surface area contributed by atoms with Gasteiger partial charge in [0.2, 0.25) is 5.91 Å². The van der Waals surface area contributed by atoms with Crippen molar-refractivity contribution in [2.75, 3.05) is 6.54 Å². The van der Waals surface area contributed by atoms with E-state index in [1.807, 2.05) is 82.3 Å². The number of esters is 1. The zero-order valence-corrected chi connectivity index (χ0v) is 39.6. The molecule has 3 fully saturated rings. The lowest BCUT2D eigenvalue weighted by atomic mass is 9.74. The van der Waals surface area contributed by atoms with Crippen molar-refractivity contribution in [3.63, 3.8) is 0 Å². The largest absolute Gasteiger partial charge is 0.459 e. The number of cyclic esters (lactones) is 1. The molecule has 14 nitrogen and oxygen atoms in total. The van der Waals surface area contributed by atoms with Crippen LogP contribution in [-0.2, 0) is 44.5 Å². The normalized spacial score (nSPS) is 40.2. The van der Waals surface area contributed by atoms with E-state index in [0.29, 0.717) is 6.42 Å². The van der Waals surface area contributed by atoms with Gasteiger partial charge < -0.3 is 54.5 Å². The highest BCUT2D eigenvalue weighted by atomic mass is 16.7. The molecule has 358 valence electrons. The molecule has 1 amide bonds. The second kappa shape index (κ2) is 21.1. The van der Waals surface area contributed by atoms with Crippen LogP contribution in [0.2, 0.25) is 0 Å². The van der Waals surface area contributed by atoms with Crippen LogP contribution in [0.1, 0.15) is 107 Å². The molecule has 0 spiro atoms. The van der Waals surface area contributed by atoms with Crippen LogP contribution in [0.15, 0.2) is 54.6 Å².